The Morgan fingerprint density at radius 3 is 2.81 bits per heavy atom. The van der Waals surface area contributed by atoms with Crippen molar-refractivity contribution in [1.82, 2.24) is 5.32 Å². The standard InChI is InChI=1S/C13H21NOS/c1-3-14-10-6-7-11-16-13-9-5-4-8-12(13)15-2/h4-5,8-9,14H,3,6-7,10-11H2,1-2H3. The number of benzene rings is 1. The average molecular weight is 239 g/mol. The molecule has 16 heavy (non-hydrogen) atoms. The van der Waals surface area contributed by atoms with Gasteiger partial charge in [0.1, 0.15) is 5.75 Å². The van der Waals surface area contributed by atoms with E-state index >= 15 is 0 Å². The number of rotatable bonds is 8. The van der Waals surface area contributed by atoms with Crippen molar-refractivity contribution in [3.63, 3.8) is 0 Å². The topological polar surface area (TPSA) is 21.3 Å². The molecule has 0 atom stereocenters. The summed E-state index contributed by atoms with van der Waals surface area (Å²) in [5.74, 6) is 2.14. The smallest absolute Gasteiger partial charge is 0.132 e. The first-order chi connectivity index (χ1) is 7.88. The van der Waals surface area contributed by atoms with Gasteiger partial charge in [-0.15, -0.1) is 11.8 Å². The second-order valence-electron chi connectivity index (χ2n) is 3.56. The van der Waals surface area contributed by atoms with Crippen LogP contribution in [-0.2, 0) is 0 Å². The van der Waals surface area contributed by atoms with Crippen LogP contribution in [0.3, 0.4) is 0 Å². The average Bonchev–Trinajstić information content (AvgIpc) is 2.34. The van der Waals surface area contributed by atoms with Crippen LogP contribution in [0.4, 0.5) is 0 Å². The zero-order valence-electron chi connectivity index (χ0n) is 10.2. The van der Waals surface area contributed by atoms with Crippen LogP contribution in [0.2, 0.25) is 0 Å². The van der Waals surface area contributed by atoms with Gasteiger partial charge in [0, 0.05) is 4.90 Å². The van der Waals surface area contributed by atoms with Crippen LogP contribution in [0.1, 0.15) is 19.8 Å². The van der Waals surface area contributed by atoms with Crippen LogP contribution in [0.5, 0.6) is 5.75 Å². The zero-order valence-corrected chi connectivity index (χ0v) is 11.0. The molecule has 0 bridgehead atoms. The summed E-state index contributed by atoms with van der Waals surface area (Å²) in [6.07, 6.45) is 2.49. The Morgan fingerprint density at radius 1 is 1.25 bits per heavy atom. The third-order valence-electron chi connectivity index (χ3n) is 2.32. The fourth-order valence-electron chi connectivity index (χ4n) is 1.45. The maximum Gasteiger partial charge on any atom is 0.132 e. The number of ether oxygens (including phenoxy) is 1. The van der Waals surface area contributed by atoms with Crippen LogP contribution >= 0.6 is 11.8 Å². The minimum absolute atomic E-state index is 0.985. The molecule has 0 saturated heterocycles. The second-order valence-corrected chi connectivity index (χ2v) is 4.70. The number of thioether (sulfide) groups is 1. The summed E-state index contributed by atoms with van der Waals surface area (Å²) in [5, 5.41) is 3.34. The van der Waals surface area contributed by atoms with Crippen LogP contribution in [0.15, 0.2) is 29.2 Å². The van der Waals surface area contributed by atoms with Gasteiger partial charge in [-0.2, -0.15) is 0 Å². The first-order valence-electron chi connectivity index (χ1n) is 5.85. The normalized spacial score (nSPS) is 10.4. The summed E-state index contributed by atoms with van der Waals surface area (Å²) in [4.78, 5) is 1.24. The lowest BCUT2D eigenvalue weighted by Gasteiger charge is -2.07. The number of unbranched alkanes of at least 4 members (excludes halogenated alkanes) is 1. The fraction of sp³-hybridized carbons (Fsp3) is 0.538. The van der Waals surface area contributed by atoms with E-state index in [0.717, 1.165) is 24.6 Å². The molecule has 0 aliphatic carbocycles. The van der Waals surface area contributed by atoms with Crippen molar-refractivity contribution in [2.75, 3.05) is 26.0 Å². The summed E-state index contributed by atoms with van der Waals surface area (Å²) in [6.45, 7) is 4.34. The molecule has 3 heteroatoms. The van der Waals surface area contributed by atoms with Gasteiger partial charge in [0.2, 0.25) is 0 Å². The predicted octanol–water partition coefficient (Wildman–Crippen LogP) is 3.18. The van der Waals surface area contributed by atoms with Gasteiger partial charge in [-0.1, -0.05) is 19.1 Å². The molecule has 0 aromatic heterocycles. The molecule has 0 amide bonds. The summed E-state index contributed by atoms with van der Waals surface area (Å²) >= 11 is 1.88. The molecular formula is C13H21NOS. The molecule has 1 aromatic rings. The van der Waals surface area contributed by atoms with E-state index in [1.807, 2.05) is 23.9 Å². The maximum absolute atomic E-state index is 5.31. The summed E-state index contributed by atoms with van der Waals surface area (Å²) < 4.78 is 5.31. The molecule has 0 aliphatic heterocycles. The van der Waals surface area contributed by atoms with Gasteiger partial charge in [-0.25, -0.2) is 0 Å². The van der Waals surface area contributed by atoms with Crippen molar-refractivity contribution < 1.29 is 4.74 Å². The van der Waals surface area contributed by atoms with Crippen LogP contribution < -0.4 is 10.1 Å². The Kier molecular flexibility index (Phi) is 7.10. The Labute approximate surface area is 103 Å². The van der Waals surface area contributed by atoms with Crippen molar-refractivity contribution in [2.45, 2.75) is 24.7 Å². The van der Waals surface area contributed by atoms with Gasteiger partial charge in [-0.05, 0) is 43.8 Å². The molecule has 1 rings (SSSR count). The van der Waals surface area contributed by atoms with Crippen molar-refractivity contribution in [2.24, 2.45) is 0 Å². The molecular weight excluding hydrogens is 218 g/mol. The molecule has 0 radical (unpaired) electrons. The van der Waals surface area contributed by atoms with Crippen LogP contribution in [-0.4, -0.2) is 26.0 Å². The van der Waals surface area contributed by atoms with Crippen LogP contribution in [0, 0.1) is 0 Å². The fourth-order valence-corrected chi connectivity index (χ4v) is 2.49. The summed E-state index contributed by atoms with van der Waals surface area (Å²) in [7, 11) is 1.73. The molecule has 1 N–H and O–H groups in total. The van der Waals surface area contributed by atoms with Gasteiger partial charge >= 0.3 is 0 Å². The predicted molar refractivity (Wildman–Crippen MR) is 71.5 cm³/mol. The largest absolute Gasteiger partial charge is 0.496 e. The Morgan fingerprint density at radius 2 is 2.06 bits per heavy atom. The highest BCUT2D eigenvalue weighted by Crippen LogP contribution is 2.29. The molecule has 1 aromatic carbocycles. The van der Waals surface area contributed by atoms with Crippen molar-refractivity contribution >= 4 is 11.8 Å². The van der Waals surface area contributed by atoms with E-state index in [9.17, 15) is 0 Å². The summed E-state index contributed by atoms with van der Waals surface area (Å²) in [6, 6.07) is 8.20. The minimum Gasteiger partial charge on any atom is -0.496 e. The number of methoxy groups -OCH3 is 1. The van der Waals surface area contributed by atoms with E-state index < -0.39 is 0 Å². The quantitative estimate of drug-likeness (QED) is 0.556. The van der Waals surface area contributed by atoms with Gasteiger partial charge in [-0.3, -0.25) is 0 Å². The number of hydrogen-bond donors (Lipinski definition) is 1. The Balaban J connectivity index is 2.21. The SMILES string of the molecule is CCNCCCCSc1ccccc1OC. The van der Waals surface area contributed by atoms with E-state index in [4.69, 9.17) is 4.74 Å². The third-order valence-corrected chi connectivity index (χ3v) is 3.47. The highest BCUT2D eigenvalue weighted by atomic mass is 32.2. The van der Waals surface area contributed by atoms with Crippen molar-refractivity contribution in [1.29, 1.82) is 0 Å². The van der Waals surface area contributed by atoms with E-state index in [-0.39, 0.29) is 0 Å². The van der Waals surface area contributed by atoms with Crippen LogP contribution in [0.25, 0.3) is 0 Å². The Bertz CT molecular complexity index is 291. The minimum atomic E-state index is 0.985. The highest BCUT2D eigenvalue weighted by Gasteiger charge is 2.01. The maximum atomic E-state index is 5.31. The van der Waals surface area contributed by atoms with E-state index in [2.05, 4.69) is 24.4 Å². The lowest BCUT2D eigenvalue weighted by molar-refractivity contribution is 0.405. The molecule has 0 unspecified atom stereocenters. The van der Waals surface area contributed by atoms with Gasteiger partial charge < -0.3 is 10.1 Å². The van der Waals surface area contributed by atoms with Gasteiger partial charge in [0.05, 0.1) is 7.11 Å². The first kappa shape index (κ1) is 13.4. The number of para-hydroxylation sites is 1. The van der Waals surface area contributed by atoms with Gasteiger partial charge in [0.25, 0.3) is 0 Å². The molecule has 0 aliphatic rings. The van der Waals surface area contributed by atoms with Gasteiger partial charge in [0.15, 0.2) is 0 Å². The highest BCUT2D eigenvalue weighted by molar-refractivity contribution is 7.99. The van der Waals surface area contributed by atoms with E-state index in [1.165, 1.54) is 17.7 Å². The second kappa shape index (κ2) is 8.48. The molecule has 0 saturated carbocycles. The molecule has 90 valence electrons. The van der Waals surface area contributed by atoms with E-state index in [1.54, 1.807) is 7.11 Å². The summed E-state index contributed by atoms with van der Waals surface area (Å²) in [5.41, 5.74) is 0. The molecule has 0 spiro atoms. The lowest BCUT2D eigenvalue weighted by Crippen LogP contribution is -2.13. The number of nitrogens with one attached hydrogen (secondary N) is 1. The molecule has 2 nitrogen and oxygen atoms in total. The molecule has 0 fully saturated rings. The Hall–Kier alpha value is -0.670. The molecule has 0 heterocycles. The van der Waals surface area contributed by atoms with Crippen molar-refractivity contribution in [3.05, 3.63) is 24.3 Å². The number of hydrogen-bond acceptors (Lipinski definition) is 3. The van der Waals surface area contributed by atoms with E-state index in [0.29, 0.717) is 0 Å². The zero-order chi connectivity index (χ0) is 11.6. The third kappa shape index (κ3) is 4.90. The monoisotopic (exact) mass is 239 g/mol. The van der Waals surface area contributed by atoms with Crippen molar-refractivity contribution in [3.8, 4) is 5.75 Å². The first-order valence-corrected chi connectivity index (χ1v) is 6.83. The lowest BCUT2D eigenvalue weighted by atomic mass is 10.3.